The predicted molar refractivity (Wildman–Crippen MR) is 72.3 cm³/mol. The van der Waals surface area contributed by atoms with Crippen LogP contribution in [0.1, 0.15) is 19.8 Å². The van der Waals surface area contributed by atoms with Crippen LogP contribution in [0, 0.1) is 11.7 Å². The number of piperidine rings is 1. The average Bonchev–Trinajstić information content (AvgIpc) is 2.47. The fourth-order valence-electron chi connectivity index (χ4n) is 2.30. The molecule has 1 aromatic heterocycles. The molecule has 0 aromatic carbocycles. The summed E-state index contributed by atoms with van der Waals surface area (Å²) in [5.41, 5.74) is 0. The first-order valence-corrected chi connectivity index (χ1v) is 8.16. The summed E-state index contributed by atoms with van der Waals surface area (Å²) in [6.07, 6.45) is 3.20. The number of aromatic nitrogens is 1. The van der Waals surface area contributed by atoms with Gasteiger partial charge in [0, 0.05) is 19.3 Å². The minimum absolute atomic E-state index is 0.0533. The SMILES string of the molecule is CCOC(=O)[C@H]1CCCN(S(=O)(=O)c2cncc(F)c2)C1. The summed E-state index contributed by atoms with van der Waals surface area (Å²) in [6, 6.07) is 0.927. The van der Waals surface area contributed by atoms with Gasteiger partial charge in [0.25, 0.3) is 0 Å². The van der Waals surface area contributed by atoms with Crippen LogP contribution in [0.4, 0.5) is 4.39 Å². The molecule has 0 N–H and O–H groups in total. The molecule has 21 heavy (non-hydrogen) atoms. The minimum Gasteiger partial charge on any atom is -0.466 e. The molecule has 2 rings (SSSR count). The maximum Gasteiger partial charge on any atom is 0.310 e. The Balaban J connectivity index is 2.18. The number of pyridine rings is 1. The van der Waals surface area contributed by atoms with E-state index in [4.69, 9.17) is 4.74 Å². The van der Waals surface area contributed by atoms with E-state index in [1.54, 1.807) is 6.92 Å². The molecule has 1 aliphatic rings. The number of nitrogens with zero attached hydrogens (tertiary/aromatic N) is 2. The lowest BCUT2D eigenvalue weighted by atomic mass is 10.0. The van der Waals surface area contributed by atoms with E-state index >= 15 is 0 Å². The molecule has 1 saturated heterocycles. The van der Waals surface area contributed by atoms with Gasteiger partial charge in [-0.15, -0.1) is 0 Å². The third kappa shape index (κ3) is 3.56. The molecule has 8 heteroatoms. The summed E-state index contributed by atoms with van der Waals surface area (Å²) in [6.45, 7) is 2.32. The summed E-state index contributed by atoms with van der Waals surface area (Å²) in [5.74, 6) is -1.58. The summed E-state index contributed by atoms with van der Waals surface area (Å²) >= 11 is 0. The van der Waals surface area contributed by atoms with Gasteiger partial charge < -0.3 is 4.74 Å². The van der Waals surface area contributed by atoms with Crippen LogP contribution in [0.2, 0.25) is 0 Å². The molecule has 1 atom stereocenters. The zero-order chi connectivity index (χ0) is 15.5. The third-order valence-corrected chi connectivity index (χ3v) is 5.15. The zero-order valence-corrected chi connectivity index (χ0v) is 12.5. The smallest absolute Gasteiger partial charge is 0.310 e. The Labute approximate surface area is 123 Å². The van der Waals surface area contributed by atoms with Crippen LogP contribution in [-0.2, 0) is 19.6 Å². The maximum atomic E-state index is 13.2. The normalized spacial score (nSPS) is 20.2. The van der Waals surface area contributed by atoms with Crippen LogP contribution in [0.25, 0.3) is 0 Å². The van der Waals surface area contributed by atoms with Crippen molar-refractivity contribution in [1.82, 2.24) is 9.29 Å². The number of carbonyl (C=O) groups excluding carboxylic acids is 1. The lowest BCUT2D eigenvalue weighted by Crippen LogP contribution is -2.42. The van der Waals surface area contributed by atoms with Crippen molar-refractivity contribution in [3.05, 3.63) is 24.3 Å². The van der Waals surface area contributed by atoms with E-state index in [1.807, 2.05) is 0 Å². The summed E-state index contributed by atoms with van der Waals surface area (Å²) in [5, 5.41) is 0. The van der Waals surface area contributed by atoms with Gasteiger partial charge in [0.1, 0.15) is 10.7 Å². The number of halogens is 1. The fraction of sp³-hybridized carbons (Fsp3) is 0.538. The van der Waals surface area contributed by atoms with Gasteiger partial charge in [-0.2, -0.15) is 4.31 Å². The van der Waals surface area contributed by atoms with Crippen LogP contribution < -0.4 is 0 Å². The van der Waals surface area contributed by atoms with Crippen LogP contribution in [0.15, 0.2) is 23.4 Å². The van der Waals surface area contributed by atoms with Crippen molar-refractivity contribution in [3.63, 3.8) is 0 Å². The molecule has 1 aliphatic heterocycles. The summed E-state index contributed by atoms with van der Waals surface area (Å²) in [7, 11) is -3.84. The molecule has 0 aliphatic carbocycles. The standard InChI is InChI=1S/C13H17FN2O4S/c1-2-20-13(17)10-4-3-5-16(9-10)21(18,19)12-6-11(14)7-15-8-12/h6-8,10H,2-5,9H2,1H3/t10-/m0/s1. The van der Waals surface area contributed by atoms with Gasteiger partial charge in [0.15, 0.2) is 0 Å². The molecule has 0 saturated carbocycles. The summed E-state index contributed by atoms with van der Waals surface area (Å²) < 4.78 is 44.1. The molecule has 0 unspecified atom stereocenters. The topological polar surface area (TPSA) is 76.6 Å². The van der Waals surface area contributed by atoms with Gasteiger partial charge in [-0.05, 0) is 25.8 Å². The van der Waals surface area contributed by atoms with E-state index in [0.29, 0.717) is 19.4 Å². The Morgan fingerprint density at radius 1 is 1.52 bits per heavy atom. The molecule has 0 radical (unpaired) electrons. The molecular formula is C13H17FN2O4S. The van der Waals surface area contributed by atoms with Crippen LogP contribution >= 0.6 is 0 Å². The lowest BCUT2D eigenvalue weighted by molar-refractivity contribution is -0.149. The second-order valence-corrected chi connectivity index (χ2v) is 6.73. The molecule has 6 nitrogen and oxygen atoms in total. The van der Waals surface area contributed by atoms with E-state index in [0.717, 1.165) is 18.5 Å². The molecule has 0 spiro atoms. The number of hydrogen-bond donors (Lipinski definition) is 0. The number of rotatable bonds is 4. The molecule has 2 heterocycles. The maximum absolute atomic E-state index is 13.2. The first-order chi connectivity index (χ1) is 9.95. The van der Waals surface area contributed by atoms with Crippen molar-refractivity contribution in [2.75, 3.05) is 19.7 Å². The van der Waals surface area contributed by atoms with Gasteiger partial charge in [0.2, 0.25) is 10.0 Å². The predicted octanol–water partition coefficient (Wildman–Crippen LogP) is 1.18. The highest BCUT2D eigenvalue weighted by Gasteiger charge is 2.34. The Morgan fingerprint density at radius 2 is 2.29 bits per heavy atom. The second kappa shape index (κ2) is 6.48. The van der Waals surface area contributed by atoms with E-state index in [-0.39, 0.29) is 18.0 Å². The summed E-state index contributed by atoms with van der Waals surface area (Å²) in [4.78, 5) is 15.1. The van der Waals surface area contributed by atoms with Crippen LogP contribution in [0.5, 0.6) is 0 Å². The van der Waals surface area contributed by atoms with Crippen molar-refractivity contribution in [2.24, 2.45) is 5.92 Å². The molecule has 1 fully saturated rings. The quantitative estimate of drug-likeness (QED) is 0.780. The second-order valence-electron chi connectivity index (χ2n) is 4.79. The van der Waals surface area contributed by atoms with Crippen molar-refractivity contribution in [2.45, 2.75) is 24.7 Å². The number of hydrogen-bond acceptors (Lipinski definition) is 5. The van der Waals surface area contributed by atoms with Gasteiger partial charge in [-0.3, -0.25) is 9.78 Å². The van der Waals surface area contributed by atoms with E-state index in [1.165, 1.54) is 4.31 Å². The Kier molecular flexibility index (Phi) is 4.89. The Hall–Kier alpha value is -1.54. The van der Waals surface area contributed by atoms with Crippen LogP contribution in [-0.4, -0.2) is 43.4 Å². The van der Waals surface area contributed by atoms with Gasteiger partial charge >= 0.3 is 5.97 Å². The number of carbonyl (C=O) groups is 1. The Bertz CT molecular complexity index is 620. The minimum atomic E-state index is -3.84. The average molecular weight is 316 g/mol. The van der Waals surface area contributed by atoms with E-state index < -0.39 is 27.7 Å². The van der Waals surface area contributed by atoms with Crippen molar-refractivity contribution in [1.29, 1.82) is 0 Å². The first kappa shape index (κ1) is 15.8. The number of esters is 1. The molecule has 1 aromatic rings. The highest BCUT2D eigenvalue weighted by molar-refractivity contribution is 7.89. The van der Waals surface area contributed by atoms with Crippen molar-refractivity contribution < 1.29 is 22.3 Å². The van der Waals surface area contributed by atoms with Crippen molar-refractivity contribution >= 4 is 16.0 Å². The van der Waals surface area contributed by atoms with Gasteiger partial charge in [0.05, 0.1) is 18.7 Å². The third-order valence-electron chi connectivity index (χ3n) is 3.32. The van der Waals surface area contributed by atoms with Crippen molar-refractivity contribution in [3.8, 4) is 0 Å². The molecule has 116 valence electrons. The van der Waals surface area contributed by atoms with Crippen LogP contribution in [0.3, 0.4) is 0 Å². The first-order valence-electron chi connectivity index (χ1n) is 6.72. The lowest BCUT2D eigenvalue weighted by Gasteiger charge is -2.30. The van der Waals surface area contributed by atoms with E-state index in [2.05, 4.69) is 4.98 Å². The van der Waals surface area contributed by atoms with Gasteiger partial charge in [-0.25, -0.2) is 12.8 Å². The van der Waals surface area contributed by atoms with E-state index in [9.17, 15) is 17.6 Å². The number of ether oxygens (including phenoxy) is 1. The highest BCUT2D eigenvalue weighted by Crippen LogP contribution is 2.24. The monoisotopic (exact) mass is 316 g/mol. The number of sulfonamides is 1. The van der Waals surface area contributed by atoms with Gasteiger partial charge in [-0.1, -0.05) is 0 Å². The largest absolute Gasteiger partial charge is 0.466 e. The molecular weight excluding hydrogens is 299 g/mol. The molecule has 0 amide bonds. The zero-order valence-electron chi connectivity index (χ0n) is 11.7. The Morgan fingerprint density at radius 3 is 2.95 bits per heavy atom. The molecule has 0 bridgehead atoms. The fourth-order valence-corrected chi connectivity index (χ4v) is 3.80. The highest BCUT2D eigenvalue weighted by atomic mass is 32.2.